The molecule has 1 unspecified atom stereocenters. The molecule has 6 nitrogen and oxygen atoms in total. The van der Waals surface area contributed by atoms with E-state index in [1.807, 2.05) is 42.9 Å². The minimum atomic E-state index is 0. The summed E-state index contributed by atoms with van der Waals surface area (Å²) in [5.74, 6) is 0. The molecule has 1 atom stereocenters. The second-order valence-electron chi connectivity index (χ2n) is 6.31. The van der Waals surface area contributed by atoms with Gasteiger partial charge in [0.2, 0.25) is 0 Å². The number of rotatable bonds is 4. The number of aryl methyl sites for hydroxylation is 4. The quantitative estimate of drug-likeness (QED) is 0.727. The van der Waals surface area contributed by atoms with E-state index in [2.05, 4.69) is 46.7 Å². The van der Waals surface area contributed by atoms with Crippen LogP contribution < -0.4 is 0 Å². The third-order valence-corrected chi connectivity index (χ3v) is 4.59. The second-order valence-corrected chi connectivity index (χ2v) is 6.31. The van der Waals surface area contributed by atoms with Crippen LogP contribution in [0.3, 0.4) is 0 Å². The molecule has 3 aromatic heterocycles. The molecule has 0 aliphatic carbocycles. The fraction of sp³-hybridized carbons (Fsp3) is 0.471. The van der Waals surface area contributed by atoms with E-state index in [1.165, 1.54) is 11.3 Å². The molecule has 0 saturated heterocycles. The number of aromatic nitrogens is 6. The molecule has 24 heavy (non-hydrogen) atoms. The lowest BCUT2D eigenvalue weighted by atomic mass is 10.0. The molecule has 0 spiro atoms. The van der Waals surface area contributed by atoms with E-state index in [4.69, 9.17) is 0 Å². The monoisotopic (exact) mass is 348 g/mol. The van der Waals surface area contributed by atoms with Crippen molar-refractivity contribution in [2.45, 2.75) is 40.2 Å². The zero-order valence-electron chi connectivity index (χ0n) is 15.1. The average Bonchev–Trinajstić information content (AvgIpc) is 3.14. The number of halogens is 1. The first-order valence-corrected chi connectivity index (χ1v) is 7.90. The van der Waals surface area contributed by atoms with Crippen LogP contribution in [-0.2, 0) is 20.5 Å². The third kappa shape index (κ3) is 3.11. The van der Waals surface area contributed by atoms with Gasteiger partial charge in [-0.25, -0.2) is 4.98 Å². The van der Waals surface area contributed by atoms with Crippen molar-refractivity contribution in [2.24, 2.45) is 14.1 Å². The Hall–Kier alpha value is -2.08. The molecule has 7 heteroatoms. The van der Waals surface area contributed by atoms with Gasteiger partial charge in [-0.1, -0.05) is 0 Å². The van der Waals surface area contributed by atoms with Gasteiger partial charge >= 0.3 is 0 Å². The molecule has 3 aromatic rings. The van der Waals surface area contributed by atoms with Crippen LogP contribution in [0.4, 0.5) is 0 Å². The van der Waals surface area contributed by atoms with E-state index in [-0.39, 0.29) is 12.4 Å². The molecule has 0 N–H and O–H groups in total. The largest absolute Gasteiger partial charge is 0.327 e. The van der Waals surface area contributed by atoms with Gasteiger partial charge in [0.1, 0.15) is 0 Å². The summed E-state index contributed by atoms with van der Waals surface area (Å²) < 4.78 is 6.04. The molecular weight excluding hydrogens is 324 g/mol. The van der Waals surface area contributed by atoms with Crippen LogP contribution in [0.1, 0.15) is 35.6 Å². The van der Waals surface area contributed by atoms with Gasteiger partial charge < -0.3 is 4.57 Å². The van der Waals surface area contributed by atoms with Gasteiger partial charge in [-0.2, -0.15) is 10.2 Å². The van der Waals surface area contributed by atoms with Crippen LogP contribution in [-0.4, -0.2) is 29.1 Å². The van der Waals surface area contributed by atoms with Gasteiger partial charge in [-0.3, -0.25) is 9.36 Å². The van der Waals surface area contributed by atoms with Crippen molar-refractivity contribution in [3.8, 4) is 11.3 Å². The normalized spacial score (nSPS) is 12.2. The average molecular weight is 349 g/mol. The standard InChI is InChI=1S/C17H24N6.ClH/c1-11(7-15-12(2)20-22(6)14(15)4)23-10-18-8-17(23)16-9-21(5)19-13(16)3;/h8-11H,7H2,1-6H3;1H. The van der Waals surface area contributed by atoms with E-state index >= 15 is 0 Å². The van der Waals surface area contributed by atoms with Crippen molar-refractivity contribution in [3.63, 3.8) is 0 Å². The lowest BCUT2D eigenvalue weighted by molar-refractivity contribution is 0.546. The van der Waals surface area contributed by atoms with Crippen LogP contribution in [0.5, 0.6) is 0 Å². The first kappa shape index (κ1) is 18.3. The van der Waals surface area contributed by atoms with E-state index in [1.54, 1.807) is 0 Å². The Morgan fingerprint density at radius 1 is 1.08 bits per heavy atom. The maximum absolute atomic E-state index is 4.52. The first-order chi connectivity index (χ1) is 10.9. The molecule has 130 valence electrons. The molecule has 0 aliphatic heterocycles. The highest BCUT2D eigenvalue weighted by Crippen LogP contribution is 2.27. The summed E-state index contributed by atoms with van der Waals surface area (Å²) in [4.78, 5) is 4.37. The first-order valence-electron chi connectivity index (χ1n) is 7.90. The summed E-state index contributed by atoms with van der Waals surface area (Å²) in [6.45, 7) is 8.47. The Labute approximate surface area is 148 Å². The van der Waals surface area contributed by atoms with E-state index in [0.29, 0.717) is 6.04 Å². The number of hydrogen-bond acceptors (Lipinski definition) is 3. The molecule has 0 aliphatic rings. The van der Waals surface area contributed by atoms with Gasteiger partial charge in [0.15, 0.2) is 0 Å². The molecule has 0 radical (unpaired) electrons. The summed E-state index contributed by atoms with van der Waals surface area (Å²) in [6.07, 6.45) is 6.82. The minimum Gasteiger partial charge on any atom is -0.327 e. The molecule has 0 fully saturated rings. The number of hydrogen-bond donors (Lipinski definition) is 0. The lowest BCUT2D eigenvalue weighted by Crippen LogP contribution is -2.10. The third-order valence-electron chi connectivity index (χ3n) is 4.59. The van der Waals surface area contributed by atoms with Crippen LogP contribution in [0.15, 0.2) is 18.7 Å². The van der Waals surface area contributed by atoms with Crippen molar-refractivity contribution < 1.29 is 0 Å². The molecular formula is C17H25ClN6. The van der Waals surface area contributed by atoms with Crippen molar-refractivity contribution in [2.75, 3.05) is 0 Å². The Morgan fingerprint density at radius 2 is 1.79 bits per heavy atom. The lowest BCUT2D eigenvalue weighted by Gasteiger charge is -2.17. The maximum atomic E-state index is 4.52. The zero-order valence-corrected chi connectivity index (χ0v) is 15.9. The second kappa shape index (κ2) is 6.81. The van der Waals surface area contributed by atoms with Crippen molar-refractivity contribution in [1.82, 2.24) is 29.1 Å². The summed E-state index contributed by atoms with van der Waals surface area (Å²) in [7, 11) is 3.95. The SMILES string of the molecule is Cc1nn(C)cc1-c1cncn1C(C)Cc1c(C)nn(C)c1C.Cl. The van der Waals surface area contributed by atoms with Gasteiger partial charge in [-0.05, 0) is 39.7 Å². The Balaban J connectivity index is 0.00000208. The van der Waals surface area contributed by atoms with Crippen molar-refractivity contribution >= 4 is 12.4 Å². The number of nitrogens with zero attached hydrogens (tertiary/aromatic N) is 6. The van der Waals surface area contributed by atoms with Crippen LogP contribution in [0.25, 0.3) is 11.3 Å². The zero-order chi connectivity index (χ0) is 16.7. The smallest absolute Gasteiger partial charge is 0.0953 e. The highest BCUT2D eigenvalue weighted by atomic mass is 35.5. The van der Waals surface area contributed by atoms with Gasteiger partial charge in [0.05, 0.1) is 29.6 Å². The number of imidazole rings is 1. The summed E-state index contributed by atoms with van der Waals surface area (Å²) in [5, 5.41) is 8.97. The Kier molecular flexibility index (Phi) is 5.18. The van der Waals surface area contributed by atoms with E-state index < -0.39 is 0 Å². The highest BCUT2D eigenvalue weighted by Gasteiger charge is 2.18. The summed E-state index contributed by atoms with van der Waals surface area (Å²) in [6, 6.07) is 0.300. The molecule has 3 rings (SSSR count). The minimum absolute atomic E-state index is 0. The van der Waals surface area contributed by atoms with Gasteiger partial charge in [-0.15, -0.1) is 12.4 Å². The summed E-state index contributed by atoms with van der Waals surface area (Å²) >= 11 is 0. The molecule has 0 bridgehead atoms. The summed E-state index contributed by atoms with van der Waals surface area (Å²) in [5.41, 5.74) is 6.93. The molecule has 0 amide bonds. The highest BCUT2D eigenvalue weighted by molar-refractivity contribution is 5.85. The fourth-order valence-corrected chi connectivity index (χ4v) is 3.22. The maximum Gasteiger partial charge on any atom is 0.0953 e. The fourth-order valence-electron chi connectivity index (χ4n) is 3.22. The van der Waals surface area contributed by atoms with Crippen molar-refractivity contribution in [3.05, 3.63) is 41.4 Å². The Morgan fingerprint density at radius 3 is 2.33 bits per heavy atom. The van der Waals surface area contributed by atoms with Gasteiger partial charge in [0.25, 0.3) is 0 Å². The predicted octanol–water partition coefficient (Wildman–Crippen LogP) is 3.17. The molecule has 3 heterocycles. The predicted molar refractivity (Wildman–Crippen MR) is 97.5 cm³/mol. The molecule has 0 aromatic carbocycles. The van der Waals surface area contributed by atoms with Crippen LogP contribution in [0.2, 0.25) is 0 Å². The van der Waals surface area contributed by atoms with E-state index in [9.17, 15) is 0 Å². The van der Waals surface area contributed by atoms with Crippen LogP contribution in [0, 0.1) is 20.8 Å². The van der Waals surface area contributed by atoms with Crippen molar-refractivity contribution in [1.29, 1.82) is 0 Å². The molecule has 0 saturated carbocycles. The van der Waals surface area contributed by atoms with E-state index in [0.717, 1.165) is 29.1 Å². The Bertz CT molecular complexity index is 842. The van der Waals surface area contributed by atoms with Crippen LogP contribution >= 0.6 is 12.4 Å². The van der Waals surface area contributed by atoms with Gasteiger partial charge in [0, 0.05) is 37.6 Å². The topological polar surface area (TPSA) is 53.5 Å².